The molecule has 0 aliphatic rings. The van der Waals surface area contributed by atoms with Crippen molar-refractivity contribution in [1.82, 2.24) is 4.98 Å². The fraction of sp³-hybridized carbons (Fsp3) is 0.200. The van der Waals surface area contributed by atoms with Gasteiger partial charge in [-0.2, -0.15) is 8.78 Å². The number of nitrogens with zero attached hydrogens (tertiary/aromatic N) is 1. The monoisotopic (exact) mass is 421 g/mol. The lowest BCUT2D eigenvalue weighted by atomic mass is 10.2. The SMILES string of the molecule is COc1cccc(-c2nc(COC(=O)c3ccc(OC(F)F)c(OC)c3)cs2)c1. The summed E-state index contributed by atoms with van der Waals surface area (Å²) in [4.78, 5) is 16.7. The number of thiazole rings is 1. The third kappa shape index (κ3) is 5.20. The molecule has 0 fully saturated rings. The Balaban J connectivity index is 1.66. The van der Waals surface area contributed by atoms with Gasteiger partial charge in [-0.25, -0.2) is 9.78 Å². The normalized spacial score (nSPS) is 10.7. The molecule has 0 spiro atoms. The average Bonchev–Trinajstić information content (AvgIpc) is 3.21. The van der Waals surface area contributed by atoms with E-state index in [1.807, 2.05) is 24.3 Å². The van der Waals surface area contributed by atoms with Crippen LogP contribution in [0.4, 0.5) is 8.78 Å². The number of methoxy groups -OCH3 is 2. The molecule has 152 valence electrons. The lowest BCUT2D eigenvalue weighted by molar-refractivity contribution is -0.0512. The predicted molar refractivity (Wildman–Crippen MR) is 103 cm³/mol. The number of esters is 1. The first-order valence-electron chi connectivity index (χ1n) is 8.39. The van der Waals surface area contributed by atoms with Crippen LogP contribution in [0.2, 0.25) is 0 Å². The van der Waals surface area contributed by atoms with Crippen molar-refractivity contribution in [1.29, 1.82) is 0 Å². The van der Waals surface area contributed by atoms with Crippen LogP contribution in [0.3, 0.4) is 0 Å². The molecule has 6 nitrogen and oxygen atoms in total. The van der Waals surface area contributed by atoms with E-state index < -0.39 is 12.6 Å². The van der Waals surface area contributed by atoms with Crippen LogP contribution >= 0.6 is 11.3 Å². The van der Waals surface area contributed by atoms with E-state index in [0.717, 1.165) is 16.3 Å². The van der Waals surface area contributed by atoms with E-state index in [4.69, 9.17) is 14.2 Å². The number of alkyl halides is 2. The summed E-state index contributed by atoms with van der Waals surface area (Å²) in [5.74, 6) is -0.0723. The van der Waals surface area contributed by atoms with Crippen LogP contribution < -0.4 is 14.2 Å². The number of rotatable bonds is 8. The van der Waals surface area contributed by atoms with Crippen LogP contribution in [0.25, 0.3) is 10.6 Å². The van der Waals surface area contributed by atoms with Gasteiger partial charge in [-0.15, -0.1) is 11.3 Å². The van der Waals surface area contributed by atoms with Crippen molar-refractivity contribution in [3.63, 3.8) is 0 Å². The number of hydrogen-bond donors (Lipinski definition) is 0. The topological polar surface area (TPSA) is 66.9 Å². The molecule has 1 heterocycles. The van der Waals surface area contributed by atoms with Gasteiger partial charge in [0.15, 0.2) is 11.5 Å². The van der Waals surface area contributed by atoms with E-state index in [-0.39, 0.29) is 23.7 Å². The van der Waals surface area contributed by atoms with Crippen LogP contribution in [0.5, 0.6) is 17.2 Å². The highest BCUT2D eigenvalue weighted by Gasteiger charge is 2.16. The van der Waals surface area contributed by atoms with Crippen molar-refractivity contribution in [3.8, 4) is 27.8 Å². The van der Waals surface area contributed by atoms with Crippen molar-refractivity contribution < 1.29 is 32.5 Å². The zero-order valence-corrected chi connectivity index (χ0v) is 16.4. The third-order valence-corrected chi connectivity index (χ3v) is 4.78. The summed E-state index contributed by atoms with van der Waals surface area (Å²) in [5.41, 5.74) is 1.63. The van der Waals surface area contributed by atoms with E-state index in [9.17, 15) is 13.6 Å². The van der Waals surface area contributed by atoms with Crippen molar-refractivity contribution in [2.24, 2.45) is 0 Å². The second-order valence-electron chi connectivity index (χ2n) is 5.70. The van der Waals surface area contributed by atoms with E-state index in [1.54, 1.807) is 12.5 Å². The molecule has 0 saturated heterocycles. The van der Waals surface area contributed by atoms with E-state index in [2.05, 4.69) is 9.72 Å². The maximum Gasteiger partial charge on any atom is 0.387 e. The van der Waals surface area contributed by atoms with Gasteiger partial charge in [0.25, 0.3) is 0 Å². The van der Waals surface area contributed by atoms with Gasteiger partial charge >= 0.3 is 12.6 Å². The molecular weight excluding hydrogens is 404 g/mol. The number of halogens is 2. The minimum atomic E-state index is -3.00. The molecular formula is C20H17F2NO5S. The molecule has 0 amide bonds. The molecule has 0 unspecified atom stereocenters. The molecule has 0 saturated carbocycles. The zero-order chi connectivity index (χ0) is 20.8. The number of ether oxygens (including phenoxy) is 4. The van der Waals surface area contributed by atoms with Gasteiger partial charge in [-0.05, 0) is 30.3 Å². The molecule has 0 N–H and O–H groups in total. The number of hydrogen-bond acceptors (Lipinski definition) is 7. The molecule has 1 aromatic heterocycles. The summed E-state index contributed by atoms with van der Waals surface area (Å²) < 4.78 is 44.6. The summed E-state index contributed by atoms with van der Waals surface area (Å²) in [6.07, 6.45) is 0. The largest absolute Gasteiger partial charge is 0.497 e. The lowest BCUT2D eigenvalue weighted by Gasteiger charge is -2.11. The minimum Gasteiger partial charge on any atom is -0.497 e. The van der Waals surface area contributed by atoms with Crippen LogP contribution in [-0.4, -0.2) is 31.8 Å². The summed E-state index contributed by atoms with van der Waals surface area (Å²) >= 11 is 1.42. The van der Waals surface area contributed by atoms with E-state index in [1.165, 1.54) is 36.6 Å². The van der Waals surface area contributed by atoms with Crippen molar-refractivity contribution in [3.05, 3.63) is 59.1 Å². The first-order chi connectivity index (χ1) is 14.0. The Labute approximate surface area is 169 Å². The van der Waals surface area contributed by atoms with E-state index >= 15 is 0 Å². The molecule has 3 aromatic rings. The van der Waals surface area contributed by atoms with Gasteiger partial charge in [-0.3, -0.25) is 0 Å². The van der Waals surface area contributed by atoms with Gasteiger partial charge in [0.2, 0.25) is 0 Å². The number of carbonyl (C=O) groups is 1. The Hall–Kier alpha value is -3.20. The van der Waals surface area contributed by atoms with Crippen molar-refractivity contribution in [2.45, 2.75) is 13.2 Å². The molecule has 0 radical (unpaired) electrons. The quantitative estimate of drug-likeness (QED) is 0.488. The predicted octanol–water partition coefficient (Wildman–Crippen LogP) is 4.79. The van der Waals surface area contributed by atoms with Gasteiger partial charge in [0.05, 0.1) is 25.5 Å². The highest BCUT2D eigenvalue weighted by molar-refractivity contribution is 7.13. The van der Waals surface area contributed by atoms with Crippen LogP contribution in [-0.2, 0) is 11.3 Å². The Morgan fingerprint density at radius 1 is 1.10 bits per heavy atom. The highest BCUT2D eigenvalue weighted by Crippen LogP contribution is 2.30. The fourth-order valence-corrected chi connectivity index (χ4v) is 3.27. The summed E-state index contributed by atoms with van der Waals surface area (Å²) in [7, 11) is 2.88. The summed E-state index contributed by atoms with van der Waals surface area (Å²) in [6, 6.07) is 11.3. The van der Waals surface area contributed by atoms with Gasteiger partial charge in [0.1, 0.15) is 17.4 Å². The number of benzene rings is 2. The number of aromatic nitrogens is 1. The Morgan fingerprint density at radius 2 is 1.93 bits per heavy atom. The Morgan fingerprint density at radius 3 is 2.66 bits per heavy atom. The summed E-state index contributed by atoms with van der Waals surface area (Å²) in [5, 5.41) is 2.56. The molecule has 0 aliphatic carbocycles. The van der Waals surface area contributed by atoms with E-state index in [0.29, 0.717) is 5.69 Å². The Bertz CT molecular complexity index is 993. The molecule has 29 heavy (non-hydrogen) atoms. The third-order valence-electron chi connectivity index (χ3n) is 3.83. The zero-order valence-electron chi connectivity index (χ0n) is 15.6. The summed E-state index contributed by atoms with van der Waals surface area (Å²) in [6.45, 7) is -3.03. The molecule has 9 heteroatoms. The second-order valence-corrected chi connectivity index (χ2v) is 6.55. The first kappa shape index (κ1) is 20.5. The average molecular weight is 421 g/mol. The maximum absolute atomic E-state index is 12.4. The van der Waals surface area contributed by atoms with Crippen molar-refractivity contribution in [2.75, 3.05) is 14.2 Å². The molecule has 0 aliphatic heterocycles. The van der Waals surface area contributed by atoms with Gasteiger partial charge in [0, 0.05) is 10.9 Å². The standard InChI is InChI=1S/C20H17F2NO5S/c1-25-15-5-3-4-12(8-15)18-23-14(11-29-18)10-27-19(24)13-6-7-16(28-20(21)22)17(9-13)26-2/h3-9,11,20H,10H2,1-2H3. The van der Waals surface area contributed by atoms with Crippen LogP contribution in [0, 0.1) is 0 Å². The molecule has 0 bridgehead atoms. The van der Waals surface area contributed by atoms with Gasteiger partial charge < -0.3 is 18.9 Å². The highest BCUT2D eigenvalue weighted by atomic mass is 32.1. The molecule has 3 rings (SSSR count). The van der Waals surface area contributed by atoms with Gasteiger partial charge in [-0.1, -0.05) is 12.1 Å². The molecule has 2 aromatic carbocycles. The lowest BCUT2D eigenvalue weighted by Crippen LogP contribution is -2.07. The molecule has 0 atom stereocenters. The minimum absolute atomic E-state index is 0.00807. The first-order valence-corrected chi connectivity index (χ1v) is 9.27. The van der Waals surface area contributed by atoms with Crippen molar-refractivity contribution >= 4 is 17.3 Å². The Kier molecular flexibility index (Phi) is 6.61. The smallest absolute Gasteiger partial charge is 0.387 e. The fourth-order valence-electron chi connectivity index (χ4n) is 2.47. The number of carbonyl (C=O) groups excluding carboxylic acids is 1. The second kappa shape index (κ2) is 9.33. The maximum atomic E-state index is 12.4. The van der Waals surface area contributed by atoms with Crippen LogP contribution in [0.15, 0.2) is 47.8 Å². The van der Waals surface area contributed by atoms with Crippen LogP contribution in [0.1, 0.15) is 16.1 Å².